The topological polar surface area (TPSA) is 88.3 Å². The van der Waals surface area contributed by atoms with Gasteiger partial charge >= 0.3 is 5.97 Å². The third-order valence-corrected chi connectivity index (χ3v) is 1.79. The molecule has 6 nitrogen and oxygen atoms in total. The number of aromatic nitrogens is 2. The molecule has 0 amide bonds. The number of nitrogens with one attached hydrogen (secondary N) is 1. The lowest BCUT2D eigenvalue weighted by Crippen LogP contribution is -2.27. The van der Waals surface area contributed by atoms with Crippen LogP contribution in [-0.4, -0.2) is 34.3 Å². The van der Waals surface area contributed by atoms with Crippen LogP contribution in [-0.2, 0) is 11.2 Å². The summed E-state index contributed by atoms with van der Waals surface area (Å²) in [4.78, 5) is 14.3. The largest absolute Gasteiger partial charge is 0.481 e. The Bertz CT molecular complexity index is 273. The molecule has 0 spiro atoms. The number of aliphatic carboxylic acids is 1. The lowest BCUT2D eigenvalue weighted by molar-refractivity contribution is -0.140. The molecule has 0 aliphatic rings. The van der Waals surface area contributed by atoms with Crippen LogP contribution in [0.15, 0.2) is 10.9 Å². The first kappa shape index (κ1) is 10.6. The van der Waals surface area contributed by atoms with Crippen molar-refractivity contribution in [2.45, 2.75) is 13.3 Å². The molecular formula is C8H13N3O3. The van der Waals surface area contributed by atoms with E-state index in [-0.39, 0.29) is 5.92 Å². The molecule has 0 saturated heterocycles. The first-order valence-corrected chi connectivity index (χ1v) is 4.39. The van der Waals surface area contributed by atoms with E-state index in [9.17, 15) is 4.79 Å². The molecule has 1 aromatic rings. The molecular weight excluding hydrogens is 186 g/mol. The summed E-state index contributed by atoms with van der Waals surface area (Å²) in [5.41, 5.74) is 0. The maximum atomic E-state index is 10.4. The normalized spacial score (nSPS) is 12.6. The molecule has 1 atom stereocenters. The molecule has 1 aromatic heterocycles. The monoisotopic (exact) mass is 199 g/mol. The molecule has 78 valence electrons. The minimum Gasteiger partial charge on any atom is -0.481 e. The van der Waals surface area contributed by atoms with Gasteiger partial charge in [0.15, 0.2) is 6.33 Å². The molecule has 0 aliphatic heterocycles. The number of carboxylic acids is 1. The van der Waals surface area contributed by atoms with E-state index < -0.39 is 5.97 Å². The highest BCUT2D eigenvalue weighted by Gasteiger charge is 2.09. The van der Waals surface area contributed by atoms with E-state index in [0.29, 0.717) is 25.4 Å². The zero-order valence-electron chi connectivity index (χ0n) is 7.93. The van der Waals surface area contributed by atoms with Gasteiger partial charge in [-0.3, -0.25) is 4.79 Å². The lowest BCUT2D eigenvalue weighted by atomic mass is 10.2. The van der Waals surface area contributed by atoms with Crippen LogP contribution in [0.25, 0.3) is 0 Å². The fourth-order valence-corrected chi connectivity index (χ4v) is 0.907. The van der Waals surface area contributed by atoms with Crippen LogP contribution < -0.4 is 5.32 Å². The molecule has 1 rings (SSSR count). The Morgan fingerprint density at radius 3 is 3.14 bits per heavy atom. The second kappa shape index (κ2) is 5.33. The van der Waals surface area contributed by atoms with Crippen molar-refractivity contribution in [1.82, 2.24) is 15.5 Å². The van der Waals surface area contributed by atoms with Crippen LogP contribution in [0.3, 0.4) is 0 Å². The number of carboxylic acid groups (broad SMARTS) is 1. The molecule has 14 heavy (non-hydrogen) atoms. The first-order chi connectivity index (χ1) is 6.70. The Kier molecular flexibility index (Phi) is 4.06. The van der Waals surface area contributed by atoms with Crippen molar-refractivity contribution in [3.8, 4) is 0 Å². The maximum absolute atomic E-state index is 10.4. The Morgan fingerprint density at radius 1 is 1.79 bits per heavy atom. The highest BCUT2D eigenvalue weighted by molar-refractivity contribution is 5.69. The Morgan fingerprint density at radius 2 is 2.57 bits per heavy atom. The SMILES string of the molecule is CC(CNCCc1ncno1)C(=O)O. The second-order valence-electron chi connectivity index (χ2n) is 3.03. The van der Waals surface area contributed by atoms with E-state index >= 15 is 0 Å². The highest BCUT2D eigenvalue weighted by Crippen LogP contribution is 1.93. The van der Waals surface area contributed by atoms with Crippen molar-refractivity contribution in [2.75, 3.05) is 13.1 Å². The quantitative estimate of drug-likeness (QED) is 0.623. The second-order valence-corrected chi connectivity index (χ2v) is 3.03. The van der Waals surface area contributed by atoms with Crippen molar-refractivity contribution in [3.63, 3.8) is 0 Å². The zero-order chi connectivity index (χ0) is 10.4. The van der Waals surface area contributed by atoms with Gasteiger partial charge in [-0.05, 0) is 0 Å². The van der Waals surface area contributed by atoms with Crippen molar-refractivity contribution in [3.05, 3.63) is 12.2 Å². The summed E-state index contributed by atoms with van der Waals surface area (Å²) in [5.74, 6) is -0.617. The fraction of sp³-hybridized carbons (Fsp3) is 0.625. The maximum Gasteiger partial charge on any atom is 0.307 e. The van der Waals surface area contributed by atoms with Crippen molar-refractivity contribution < 1.29 is 14.4 Å². The van der Waals surface area contributed by atoms with E-state index in [2.05, 4.69) is 15.5 Å². The van der Waals surface area contributed by atoms with Gasteiger partial charge in [0, 0.05) is 19.5 Å². The first-order valence-electron chi connectivity index (χ1n) is 4.39. The Labute approximate surface area is 81.3 Å². The third kappa shape index (κ3) is 3.53. The predicted octanol–water partition coefficient (Wildman–Crippen LogP) is -0.0776. The van der Waals surface area contributed by atoms with Crippen LogP contribution in [0.4, 0.5) is 0 Å². The average Bonchev–Trinajstić information content (AvgIpc) is 2.64. The standard InChI is InChI=1S/C8H13N3O3/c1-6(8(12)13)4-9-3-2-7-10-5-11-14-7/h5-6,9H,2-4H2,1H3,(H,12,13). The van der Waals surface area contributed by atoms with Gasteiger partial charge in [-0.1, -0.05) is 12.1 Å². The molecule has 1 unspecified atom stereocenters. The Balaban J connectivity index is 2.08. The summed E-state index contributed by atoms with van der Waals surface area (Å²) in [6.07, 6.45) is 1.96. The number of rotatable bonds is 6. The smallest absolute Gasteiger partial charge is 0.307 e. The van der Waals surface area contributed by atoms with E-state index in [1.54, 1.807) is 6.92 Å². The van der Waals surface area contributed by atoms with Gasteiger partial charge in [-0.2, -0.15) is 4.98 Å². The number of hydrogen-bond acceptors (Lipinski definition) is 5. The van der Waals surface area contributed by atoms with E-state index in [4.69, 9.17) is 9.63 Å². The van der Waals surface area contributed by atoms with Crippen LogP contribution in [0.1, 0.15) is 12.8 Å². The summed E-state index contributed by atoms with van der Waals surface area (Å²) in [6.45, 7) is 2.74. The van der Waals surface area contributed by atoms with Gasteiger partial charge in [0.25, 0.3) is 0 Å². The summed E-state index contributed by atoms with van der Waals surface area (Å²) in [5, 5.41) is 15.0. The minimum absolute atomic E-state index is 0.377. The third-order valence-electron chi connectivity index (χ3n) is 1.79. The van der Waals surface area contributed by atoms with Gasteiger partial charge in [0.2, 0.25) is 5.89 Å². The summed E-state index contributed by atoms with van der Waals surface area (Å²) in [7, 11) is 0. The summed E-state index contributed by atoms with van der Waals surface area (Å²) in [6, 6.07) is 0. The van der Waals surface area contributed by atoms with E-state index in [1.165, 1.54) is 6.33 Å². The van der Waals surface area contributed by atoms with Gasteiger partial charge in [0.1, 0.15) is 0 Å². The molecule has 0 fully saturated rings. The minimum atomic E-state index is -0.796. The van der Waals surface area contributed by atoms with Crippen LogP contribution in [0, 0.1) is 5.92 Å². The number of hydrogen-bond donors (Lipinski definition) is 2. The zero-order valence-corrected chi connectivity index (χ0v) is 7.93. The van der Waals surface area contributed by atoms with Gasteiger partial charge < -0.3 is 14.9 Å². The molecule has 0 aliphatic carbocycles. The summed E-state index contributed by atoms with van der Waals surface area (Å²) >= 11 is 0. The lowest BCUT2D eigenvalue weighted by Gasteiger charge is -2.06. The molecule has 0 saturated carbocycles. The van der Waals surface area contributed by atoms with E-state index in [0.717, 1.165) is 0 Å². The van der Waals surface area contributed by atoms with Gasteiger partial charge in [-0.15, -0.1) is 0 Å². The number of carbonyl (C=O) groups is 1. The fourth-order valence-electron chi connectivity index (χ4n) is 0.907. The van der Waals surface area contributed by atoms with Crippen LogP contribution in [0.2, 0.25) is 0 Å². The summed E-state index contributed by atoms with van der Waals surface area (Å²) < 4.78 is 4.77. The van der Waals surface area contributed by atoms with Crippen molar-refractivity contribution in [1.29, 1.82) is 0 Å². The predicted molar refractivity (Wildman–Crippen MR) is 47.7 cm³/mol. The van der Waals surface area contributed by atoms with Gasteiger partial charge in [-0.25, -0.2) is 0 Å². The van der Waals surface area contributed by atoms with Crippen LogP contribution >= 0.6 is 0 Å². The van der Waals surface area contributed by atoms with Crippen molar-refractivity contribution >= 4 is 5.97 Å². The van der Waals surface area contributed by atoms with E-state index in [1.807, 2.05) is 0 Å². The average molecular weight is 199 g/mol. The van der Waals surface area contributed by atoms with Crippen molar-refractivity contribution in [2.24, 2.45) is 5.92 Å². The number of nitrogens with zero attached hydrogens (tertiary/aromatic N) is 2. The van der Waals surface area contributed by atoms with Crippen LogP contribution in [0.5, 0.6) is 0 Å². The molecule has 1 heterocycles. The molecule has 0 aromatic carbocycles. The molecule has 0 bridgehead atoms. The Hall–Kier alpha value is -1.43. The van der Waals surface area contributed by atoms with Gasteiger partial charge in [0.05, 0.1) is 5.92 Å². The molecule has 6 heteroatoms. The highest BCUT2D eigenvalue weighted by atomic mass is 16.5. The molecule has 2 N–H and O–H groups in total. The molecule has 0 radical (unpaired) electrons.